The molecular formula is C24H32N4O4. The molecule has 8 heteroatoms. The number of carbonyl (C=O) groups excluding carboxylic acids is 2. The Balaban J connectivity index is 1.93. The zero-order valence-corrected chi connectivity index (χ0v) is 18.9. The summed E-state index contributed by atoms with van der Waals surface area (Å²) in [4.78, 5) is 29.8. The normalized spacial score (nSPS) is 17.7. The molecule has 0 bridgehead atoms. The third kappa shape index (κ3) is 4.71. The average molecular weight is 441 g/mol. The maximum atomic E-state index is 13.4. The van der Waals surface area contributed by atoms with Gasteiger partial charge in [0.15, 0.2) is 0 Å². The third-order valence-corrected chi connectivity index (χ3v) is 5.49. The second-order valence-electron chi connectivity index (χ2n) is 7.78. The molecule has 1 aliphatic heterocycles. The Morgan fingerprint density at radius 2 is 1.84 bits per heavy atom. The monoisotopic (exact) mass is 440 g/mol. The molecule has 8 nitrogen and oxygen atoms in total. The molecule has 0 saturated carbocycles. The molecule has 2 aromatic rings. The van der Waals surface area contributed by atoms with Crippen LogP contribution in [0.2, 0.25) is 0 Å². The van der Waals surface area contributed by atoms with Gasteiger partial charge in [0.1, 0.15) is 5.75 Å². The molecule has 1 aliphatic rings. The van der Waals surface area contributed by atoms with Crippen LogP contribution in [0.3, 0.4) is 0 Å². The van der Waals surface area contributed by atoms with Crippen LogP contribution < -0.4 is 20.3 Å². The average Bonchev–Trinajstić information content (AvgIpc) is 2.79. The van der Waals surface area contributed by atoms with Crippen LogP contribution in [0.4, 0.5) is 16.2 Å². The minimum atomic E-state index is -2.22. The van der Waals surface area contributed by atoms with E-state index in [9.17, 15) is 14.7 Å². The number of aliphatic hydroxyl groups is 1. The molecule has 172 valence electrons. The second-order valence-corrected chi connectivity index (χ2v) is 7.78. The van der Waals surface area contributed by atoms with Gasteiger partial charge in [0.25, 0.3) is 11.6 Å². The van der Waals surface area contributed by atoms with E-state index in [1.165, 1.54) is 7.11 Å². The molecule has 3 amide bonds. The lowest BCUT2D eigenvalue weighted by Crippen LogP contribution is -2.63. The molecular weight excluding hydrogens is 408 g/mol. The van der Waals surface area contributed by atoms with E-state index in [-0.39, 0.29) is 0 Å². The summed E-state index contributed by atoms with van der Waals surface area (Å²) < 4.78 is 5.27. The Labute approximate surface area is 189 Å². The fraction of sp³-hybridized carbons (Fsp3) is 0.417. The van der Waals surface area contributed by atoms with Crippen molar-refractivity contribution >= 4 is 23.3 Å². The van der Waals surface area contributed by atoms with Gasteiger partial charge in [0.2, 0.25) is 0 Å². The summed E-state index contributed by atoms with van der Waals surface area (Å²) in [6.45, 7) is 7.14. The number of hydrogen-bond donors (Lipinski definition) is 3. The van der Waals surface area contributed by atoms with E-state index in [0.29, 0.717) is 35.8 Å². The van der Waals surface area contributed by atoms with Crippen molar-refractivity contribution < 1.29 is 19.4 Å². The maximum Gasteiger partial charge on any atom is 0.329 e. The van der Waals surface area contributed by atoms with Crippen LogP contribution in [0.5, 0.6) is 5.75 Å². The Morgan fingerprint density at radius 1 is 1.12 bits per heavy atom. The number of fused-ring (bicyclic) bond motifs is 1. The zero-order valence-electron chi connectivity index (χ0n) is 18.9. The number of urea groups is 1. The Morgan fingerprint density at radius 3 is 2.53 bits per heavy atom. The highest BCUT2D eigenvalue weighted by Gasteiger charge is 2.51. The molecule has 32 heavy (non-hydrogen) atoms. The van der Waals surface area contributed by atoms with Crippen LogP contribution in [0.15, 0.2) is 48.5 Å². The van der Waals surface area contributed by atoms with Gasteiger partial charge < -0.3 is 25.4 Å². The van der Waals surface area contributed by atoms with Gasteiger partial charge in [-0.15, -0.1) is 0 Å². The lowest BCUT2D eigenvalue weighted by atomic mass is 9.94. The molecule has 0 aromatic heterocycles. The van der Waals surface area contributed by atoms with Gasteiger partial charge in [-0.3, -0.25) is 9.69 Å². The zero-order chi connectivity index (χ0) is 23.1. The van der Waals surface area contributed by atoms with Crippen LogP contribution in [-0.4, -0.2) is 55.2 Å². The highest BCUT2D eigenvalue weighted by atomic mass is 16.5. The number of anilines is 2. The number of para-hydroxylation sites is 1. The van der Waals surface area contributed by atoms with Crippen LogP contribution in [0, 0.1) is 0 Å². The highest BCUT2D eigenvalue weighted by molar-refractivity contribution is 6.11. The predicted molar refractivity (Wildman–Crippen MR) is 125 cm³/mol. The summed E-state index contributed by atoms with van der Waals surface area (Å²) in [5, 5.41) is 17.4. The fourth-order valence-corrected chi connectivity index (χ4v) is 4.03. The van der Waals surface area contributed by atoms with E-state index in [4.69, 9.17) is 4.74 Å². The summed E-state index contributed by atoms with van der Waals surface area (Å²) in [6, 6.07) is 12.9. The summed E-state index contributed by atoms with van der Waals surface area (Å²) in [6.07, 6.45) is 2.05. The van der Waals surface area contributed by atoms with Gasteiger partial charge in [-0.25, -0.2) is 4.79 Å². The van der Waals surface area contributed by atoms with Crippen molar-refractivity contribution in [2.75, 3.05) is 43.5 Å². The summed E-state index contributed by atoms with van der Waals surface area (Å²) in [5.74, 6) is -0.151. The summed E-state index contributed by atoms with van der Waals surface area (Å²) >= 11 is 0. The quantitative estimate of drug-likeness (QED) is 0.528. The Hall–Kier alpha value is -3.10. The molecule has 0 unspecified atom stereocenters. The van der Waals surface area contributed by atoms with Crippen LogP contribution >= 0.6 is 0 Å². The number of hydrogen-bond acceptors (Lipinski definition) is 5. The molecule has 0 saturated heterocycles. The number of ether oxygens (including phenoxy) is 1. The van der Waals surface area contributed by atoms with Gasteiger partial charge in [-0.1, -0.05) is 38.1 Å². The van der Waals surface area contributed by atoms with Crippen molar-refractivity contribution in [3.05, 3.63) is 54.1 Å². The van der Waals surface area contributed by atoms with Crippen molar-refractivity contribution in [3.63, 3.8) is 0 Å². The van der Waals surface area contributed by atoms with E-state index in [0.717, 1.165) is 30.8 Å². The van der Waals surface area contributed by atoms with Crippen LogP contribution in [0.25, 0.3) is 0 Å². The molecule has 3 rings (SSSR count). The Bertz CT molecular complexity index is 945. The minimum absolute atomic E-state index is 0.305. The first-order valence-corrected chi connectivity index (χ1v) is 11.0. The summed E-state index contributed by atoms with van der Waals surface area (Å²) in [5.41, 5.74) is -1.18. The molecule has 1 heterocycles. The topological polar surface area (TPSA) is 94.1 Å². The van der Waals surface area contributed by atoms with E-state index in [1.54, 1.807) is 48.5 Å². The molecule has 0 fully saturated rings. The SMILES string of the molecule is CCCN(CCC)CCNC(=O)[C@@]1(O)c2ccccc2NC(=O)N1c1cccc(OC)c1. The number of nitrogens with one attached hydrogen (secondary N) is 2. The fourth-order valence-electron chi connectivity index (χ4n) is 4.03. The smallest absolute Gasteiger partial charge is 0.329 e. The van der Waals surface area contributed by atoms with E-state index in [2.05, 4.69) is 29.4 Å². The predicted octanol–water partition coefficient (Wildman–Crippen LogP) is 3.13. The van der Waals surface area contributed by atoms with E-state index < -0.39 is 17.7 Å². The standard InChI is InChI=1S/C24H32N4O4/c1-4-14-27(15-5-2)16-13-25-22(29)24(31)20-11-6-7-12-21(20)26-23(30)28(24)18-9-8-10-19(17-18)32-3/h6-12,17,31H,4-5,13-16H2,1-3H3,(H,25,29)(H,26,30)/t24-/m0/s1. The first-order chi connectivity index (χ1) is 15.4. The second kappa shape index (κ2) is 10.5. The van der Waals surface area contributed by atoms with Crippen LogP contribution in [-0.2, 0) is 10.5 Å². The first kappa shape index (κ1) is 23.6. The van der Waals surface area contributed by atoms with Gasteiger partial charge in [0, 0.05) is 24.7 Å². The van der Waals surface area contributed by atoms with Gasteiger partial charge in [0.05, 0.1) is 18.5 Å². The molecule has 0 spiro atoms. The number of rotatable bonds is 10. The lowest BCUT2D eigenvalue weighted by Gasteiger charge is -2.42. The summed E-state index contributed by atoms with van der Waals surface area (Å²) in [7, 11) is 1.52. The number of nitrogens with zero attached hydrogens (tertiary/aromatic N) is 2. The third-order valence-electron chi connectivity index (χ3n) is 5.49. The van der Waals surface area contributed by atoms with Gasteiger partial charge in [-0.05, 0) is 44.1 Å². The first-order valence-electron chi connectivity index (χ1n) is 11.0. The molecule has 0 radical (unpaired) electrons. The van der Waals surface area contributed by atoms with Gasteiger partial charge >= 0.3 is 6.03 Å². The molecule has 3 N–H and O–H groups in total. The van der Waals surface area contributed by atoms with Crippen molar-refractivity contribution in [2.24, 2.45) is 0 Å². The Kier molecular flexibility index (Phi) is 7.71. The van der Waals surface area contributed by atoms with E-state index >= 15 is 0 Å². The molecule has 1 atom stereocenters. The number of amides is 3. The van der Waals surface area contributed by atoms with Crippen molar-refractivity contribution in [1.29, 1.82) is 0 Å². The van der Waals surface area contributed by atoms with Crippen molar-refractivity contribution in [2.45, 2.75) is 32.4 Å². The number of methoxy groups -OCH3 is 1. The van der Waals surface area contributed by atoms with Crippen molar-refractivity contribution in [3.8, 4) is 5.75 Å². The van der Waals surface area contributed by atoms with Gasteiger partial charge in [-0.2, -0.15) is 0 Å². The lowest BCUT2D eigenvalue weighted by molar-refractivity contribution is -0.140. The minimum Gasteiger partial charge on any atom is -0.497 e. The van der Waals surface area contributed by atoms with Crippen molar-refractivity contribution in [1.82, 2.24) is 10.2 Å². The van der Waals surface area contributed by atoms with Crippen LogP contribution in [0.1, 0.15) is 32.3 Å². The number of carbonyl (C=O) groups is 2. The maximum absolute atomic E-state index is 13.4. The largest absolute Gasteiger partial charge is 0.497 e. The molecule has 0 aliphatic carbocycles. The highest BCUT2D eigenvalue weighted by Crippen LogP contribution is 2.40. The van der Waals surface area contributed by atoms with E-state index in [1.807, 2.05) is 0 Å². The molecule has 2 aromatic carbocycles. The number of benzene rings is 2.